The van der Waals surface area contributed by atoms with Gasteiger partial charge in [-0.15, -0.1) is 0 Å². The van der Waals surface area contributed by atoms with E-state index in [0.29, 0.717) is 0 Å². The number of fused-ring (bicyclic) bond motifs is 4. The SMILES string of the molecule is CC1=c2ccc3c(c2CCC1)CC=c1c([N+](=O)[O-])cccc1=3. The van der Waals surface area contributed by atoms with E-state index in [9.17, 15) is 10.1 Å². The van der Waals surface area contributed by atoms with Gasteiger partial charge in [0.25, 0.3) is 5.69 Å². The molecule has 0 saturated carbocycles. The molecule has 3 nitrogen and oxygen atoms in total. The Labute approximate surface area is 128 Å². The quantitative estimate of drug-likeness (QED) is 0.599. The van der Waals surface area contributed by atoms with Crippen molar-refractivity contribution < 1.29 is 4.92 Å². The summed E-state index contributed by atoms with van der Waals surface area (Å²) < 4.78 is 0. The first kappa shape index (κ1) is 13.3. The first-order chi connectivity index (χ1) is 10.7. The summed E-state index contributed by atoms with van der Waals surface area (Å²) in [6.45, 7) is 2.22. The van der Waals surface area contributed by atoms with Gasteiger partial charge in [-0.1, -0.05) is 35.9 Å². The maximum atomic E-state index is 11.2. The largest absolute Gasteiger partial charge is 0.276 e. The minimum atomic E-state index is -0.281. The molecule has 0 fully saturated rings. The third-order valence-electron chi connectivity index (χ3n) is 4.95. The predicted molar refractivity (Wildman–Crippen MR) is 86.6 cm³/mol. The Morgan fingerprint density at radius 3 is 2.64 bits per heavy atom. The molecule has 0 heterocycles. The van der Waals surface area contributed by atoms with E-state index in [-0.39, 0.29) is 10.6 Å². The van der Waals surface area contributed by atoms with Crippen LogP contribution < -0.4 is 10.4 Å². The Kier molecular flexibility index (Phi) is 2.89. The Bertz CT molecular complexity index is 1020. The van der Waals surface area contributed by atoms with Gasteiger partial charge in [0.1, 0.15) is 0 Å². The van der Waals surface area contributed by atoms with Gasteiger partial charge >= 0.3 is 0 Å². The Hall–Kier alpha value is -2.42. The molecule has 0 aromatic heterocycles. The van der Waals surface area contributed by atoms with Crippen molar-refractivity contribution in [3.8, 4) is 0 Å². The van der Waals surface area contributed by atoms with Crippen molar-refractivity contribution in [2.45, 2.75) is 32.6 Å². The normalized spacial score (nSPS) is 15.4. The zero-order chi connectivity index (χ0) is 15.3. The van der Waals surface area contributed by atoms with Crippen molar-refractivity contribution in [3.05, 3.63) is 72.4 Å². The summed E-state index contributed by atoms with van der Waals surface area (Å²) in [6.07, 6.45) is 6.33. The van der Waals surface area contributed by atoms with E-state index < -0.39 is 0 Å². The molecule has 0 atom stereocenters. The average molecular weight is 291 g/mol. The zero-order valence-corrected chi connectivity index (χ0v) is 12.6. The predicted octanol–water partition coefficient (Wildman–Crippen LogP) is 2.73. The van der Waals surface area contributed by atoms with Crippen molar-refractivity contribution in [1.29, 1.82) is 0 Å². The summed E-state index contributed by atoms with van der Waals surface area (Å²) in [6, 6.07) is 9.74. The van der Waals surface area contributed by atoms with Gasteiger partial charge in [-0.25, -0.2) is 0 Å². The fraction of sp³-hybridized carbons (Fsp3) is 0.263. The number of nitro groups is 1. The summed E-state index contributed by atoms with van der Waals surface area (Å²) in [5.74, 6) is 0. The van der Waals surface area contributed by atoms with E-state index in [1.54, 1.807) is 12.1 Å². The molecular weight excluding hydrogens is 274 g/mol. The first-order valence-electron chi connectivity index (χ1n) is 7.75. The summed E-state index contributed by atoms with van der Waals surface area (Å²) in [4.78, 5) is 11.0. The molecule has 22 heavy (non-hydrogen) atoms. The number of non-ortho nitro benzene ring substituents is 1. The van der Waals surface area contributed by atoms with Crippen LogP contribution in [0.15, 0.2) is 30.3 Å². The molecule has 0 N–H and O–H groups in total. The highest BCUT2D eigenvalue weighted by Gasteiger charge is 2.16. The molecule has 2 aromatic carbocycles. The lowest BCUT2D eigenvalue weighted by Gasteiger charge is -2.18. The number of nitrogens with zero attached hydrogens (tertiary/aromatic N) is 1. The molecular formula is C19H17NO2. The third-order valence-corrected chi connectivity index (χ3v) is 4.95. The summed E-state index contributed by atoms with van der Waals surface area (Å²) >= 11 is 0. The molecule has 2 aliphatic rings. The fourth-order valence-electron chi connectivity index (χ4n) is 3.89. The van der Waals surface area contributed by atoms with Crippen molar-refractivity contribution in [2.75, 3.05) is 0 Å². The van der Waals surface area contributed by atoms with Crippen LogP contribution in [0.2, 0.25) is 0 Å². The highest BCUT2D eigenvalue weighted by molar-refractivity contribution is 5.54. The molecule has 3 heteroatoms. The number of benzene rings is 2. The number of rotatable bonds is 1. The summed E-state index contributed by atoms with van der Waals surface area (Å²) in [7, 11) is 0. The lowest BCUT2D eigenvalue weighted by atomic mass is 9.86. The van der Waals surface area contributed by atoms with Gasteiger partial charge in [-0.05, 0) is 59.4 Å². The number of hydrogen-bond donors (Lipinski definition) is 0. The molecule has 0 aliphatic heterocycles. The molecule has 2 aliphatic carbocycles. The second kappa shape index (κ2) is 4.80. The minimum absolute atomic E-state index is 0.212. The van der Waals surface area contributed by atoms with Crippen molar-refractivity contribution in [2.24, 2.45) is 0 Å². The van der Waals surface area contributed by atoms with E-state index in [1.165, 1.54) is 40.0 Å². The van der Waals surface area contributed by atoms with Crippen LogP contribution in [0.1, 0.15) is 30.9 Å². The molecule has 2 aromatic rings. The van der Waals surface area contributed by atoms with E-state index in [0.717, 1.165) is 23.3 Å². The van der Waals surface area contributed by atoms with Crippen molar-refractivity contribution in [3.63, 3.8) is 0 Å². The highest BCUT2D eigenvalue weighted by atomic mass is 16.6. The second-order valence-corrected chi connectivity index (χ2v) is 6.16. The molecule has 0 radical (unpaired) electrons. The molecule has 0 bridgehead atoms. The minimum Gasteiger partial charge on any atom is -0.258 e. The second-order valence-electron chi connectivity index (χ2n) is 6.16. The standard InChI is InChI=1S/C19H17NO2/c1-12-4-2-5-14-13(12)8-9-17-15-6-3-7-19(20(21)22)18(15)11-10-16(14)17/h3,6-9,11H,2,4-5,10H2,1H3. The van der Waals surface area contributed by atoms with Crippen LogP contribution in [0, 0.1) is 20.6 Å². The molecule has 0 spiro atoms. The summed E-state index contributed by atoms with van der Waals surface area (Å²) in [5, 5.41) is 15.6. The maximum Gasteiger partial charge on any atom is 0.276 e. The van der Waals surface area contributed by atoms with E-state index in [2.05, 4.69) is 19.1 Å². The number of nitro benzene ring substituents is 1. The van der Waals surface area contributed by atoms with Crippen LogP contribution >= 0.6 is 0 Å². The third kappa shape index (κ3) is 1.82. The van der Waals surface area contributed by atoms with Crippen molar-refractivity contribution >= 4 is 17.3 Å². The Morgan fingerprint density at radius 2 is 1.82 bits per heavy atom. The molecule has 0 unspecified atom stereocenters. The molecule has 0 amide bonds. The lowest BCUT2D eigenvalue weighted by Crippen LogP contribution is -2.22. The summed E-state index contributed by atoms with van der Waals surface area (Å²) in [5.41, 5.74) is 4.50. The Morgan fingerprint density at radius 1 is 1.00 bits per heavy atom. The van der Waals surface area contributed by atoms with Crippen molar-refractivity contribution in [1.82, 2.24) is 0 Å². The molecule has 0 saturated heterocycles. The molecule has 110 valence electrons. The van der Waals surface area contributed by atoms with Gasteiger partial charge in [0.2, 0.25) is 0 Å². The highest BCUT2D eigenvalue weighted by Crippen LogP contribution is 2.21. The topological polar surface area (TPSA) is 43.1 Å². The van der Waals surface area contributed by atoms with E-state index in [1.807, 2.05) is 12.1 Å². The van der Waals surface area contributed by atoms with Gasteiger partial charge in [-0.3, -0.25) is 10.1 Å². The first-order valence-corrected chi connectivity index (χ1v) is 7.75. The monoisotopic (exact) mass is 291 g/mol. The van der Waals surface area contributed by atoms with Crippen LogP contribution in [0.4, 0.5) is 5.69 Å². The van der Waals surface area contributed by atoms with Gasteiger partial charge in [0.15, 0.2) is 0 Å². The smallest absolute Gasteiger partial charge is 0.258 e. The average Bonchev–Trinajstić information content (AvgIpc) is 2.53. The van der Waals surface area contributed by atoms with E-state index >= 15 is 0 Å². The lowest BCUT2D eigenvalue weighted by molar-refractivity contribution is -0.385. The van der Waals surface area contributed by atoms with Crippen LogP contribution in [-0.2, 0) is 12.8 Å². The maximum absolute atomic E-state index is 11.2. The Balaban J connectivity index is 2.20. The number of hydrogen-bond acceptors (Lipinski definition) is 2. The molecule has 4 rings (SSSR count). The van der Waals surface area contributed by atoms with Gasteiger partial charge < -0.3 is 0 Å². The van der Waals surface area contributed by atoms with Crippen LogP contribution in [0.25, 0.3) is 11.6 Å². The van der Waals surface area contributed by atoms with Gasteiger partial charge in [-0.2, -0.15) is 0 Å². The van der Waals surface area contributed by atoms with Crippen LogP contribution in [0.3, 0.4) is 0 Å². The fourth-order valence-corrected chi connectivity index (χ4v) is 3.89. The zero-order valence-electron chi connectivity index (χ0n) is 12.6. The van der Waals surface area contributed by atoms with Crippen LogP contribution in [0.5, 0.6) is 0 Å². The van der Waals surface area contributed by atoms with Gasteiger partial charge in [0.05, 0.1) is 10.1 Å². The van der Waals surface area contributed by atoms with Gasteiger partial charge in [0, 0.05) is 6.07 Å². The van der Waals surface area contributed by atoms with Crippen LogP contribution in [-0.4, -0.2) is 4.92 Å². The van der Waals surface area contributed by atoms with E-state index in [4.69, 9.17) is 0 Å².